The molecular weight excluding hydrogens is 586 g/mol. The first-order valence-electron chi connectivity index (χ1n) is 15.2. The molecular formula is C34H35N7O5. The highest BCUT2D eigenvalue weighted by molar-refractivity contribution is 5.80. The maximum atomic E-state index is 13.3. The van der Waals surface area contributed by atoms with Crippen molar-refractivity contribution in [1.82, 2.24) is 24.8 Å². The summed E-state index contributed by atoms with van der Waals surface area (Å²) < 4.78 is 6.43. The average Bonchev–Trinajstić information content (AvgIpc) is 3.51. The van der Waals surface area contributed by atoms with Crippen molar-refractivity contribution in [2.45, 2.75) is 32.0 Å². The van der Waals surface area contributed by atoms with Crippen molar-refractivity contribution in [3.05, 3.63) is 107 Å². The predicted octanol–water partition coefficient (Wildman–Crippen LogP) is 4.49. The number of imidazole rings is 1. The Kier molecular flexibility index (Phi) is 9.23. The molecule has 1 fully saturated rings. The van der Waals surface area contributed by atoms with Gasteiger partial charge in [0.25, 0.3) is 0 Å². The van der Waals surface area contributed by atoms with Crippen molar-refractivity contribution in [2.24, 2.45) is 5.92 Å². The summed E-state index contributed by atoms with van der Waals surface area (Å²) in [6.07, 6.45) is 2.52. The highest BCUT2D eigenvalue weighted by atomic mass is 16.5. The van der Waals surface area contributed by atoms with Gasteiger partial charge in [0.05, 0.1) is 17.6 Å². The molecule has 12 nitrogen and oxygen atoms in total. The van der Waals surface area contributed by atoms with Crippen LogP contribution in [-0.2, 0) is 22.7 Å². The highest BCUT2D eigenvalue weighted by Crippen LogP contribution is 2.31. The van der Waals surface area contributed by atoms with Crippen LogP contribution in [0.1, 0.15) is 18.4 Å². The van der Waals surface area contributed by atoms with Gasteiger partial charge in [-0.3, -0.25) is 4.57 Å². The molecule has 0 aliphatic carbocycles. The Morgan fingerprint density at radius 3 is 2.37 bits per heavy atom. The van der Waals surface area contributed by atoms with Gasteiger partial charge in [-0.1, -0.05) is 72.8 Å². The van der Waals surface area contributed by atoms with Gasteiger partial charge < -0.3 is 30.4 Å². The van der Waals surface area contributed by atoms with E-state index < -0.39 is 23.8 Å². The highest BCUT2D eigenvalue weighted by Gasteiger charge is 2.26. The van der Waals surface area contributed by atoms with Gasteiger partial charge in [0.2, 0.25) is 5.95 Å². The third-order valence-corrected chi connectivity index (χ3v) is 8.10. The molecule has 1 atom stereocenters. The summed E-state index contributed by atoms with van der Waals surface area (Å²) in [7, 11) is 0. The molecule has 0 radical (unpaired) electrons. The second-order valence-corrected chi connectivity index (χ2v) is 11.3. The number of aromatic amines is 1. The largest absolute Gasteiger partial charge is 0.480 e. The van der Waals surface area contributed by atoms with Crippen molar-refractivity contribution >= 4 is 34.9 Å². The number of carboxylic acids is 1. The van der Waals surface area contributed by atoms with Crippen molar-refractivity contribution in [3.63, 3.8) is 0 Å². The van der Waals surface area contributed by atoms with E-state index in [0.717, 1.165) is 47.5 Å². The van der Waals surface area contributed by atoms with Crippen molar-refractivity contribution < 1.29 is 19.4 Å². The lowest BCUT2D eigenvalue weighted by atomic mass is 9.96. The number of rotatable bonds is 11. The van der Waals surface area contributed by atoms with Crippen LogP contribution in [0.2, 0.25) is 0 Å². The summed E-state index contributed by atoms with van der Waals surface area (Å²) in [6.45, 7) is 1.84. The summed E-state index contributed by atoms with van der Waals surface area (Å²) in [5, 5.41) is 15.6. The first-order chi connectivity index (χ1) is 22.4. The summed E-state index contributed by atoms with van der Waals surface area (Å²) in [4.78, 5) is 52.3. The monoisotopic (exact) mass is 621 g/mol. The number of alkyl carbamates (subject to hydrolysis) is 1. The molecule has 236 valence electrons. The summed E-state index contributed by atoms with van der Waals surface area (Å²) in [6, 6.07) is 25.1. The van der Waals surface area contributed by atoms with Crippen LogP contribution in [0.4, 0.5) is 16.6 Å². The number of amides is 1. The van der Waals surface area contributed by atoms with Crippen molar-refractivity contribution in [1.29, 1.82) is 0 Å². The van der Waals surface area contributed by atoms with Crippen LogP contribution >= 0.6 is 0 Å². The minimum Gasteiger partial charge on any atom is -0.480 e. The molecule has 1 aliphatic heterocycles. The number of benzene rings is 3. The Balaban J connectivity index is 1.14. The van der Waals surface area contributed by atoms with E-state index in [1.807, 2.05) is 72.8 Å². The van der Waals surface area contributed by atoms with Crippen molar-refractivity contribution in [2.75, 3.05) is 29.9 Å². The van der Waals surface area contributed by atoms with Gasteiger partial charge in [0.1, 0.15) is 18.5 Å². The molecule has 1 saturated heterocycles. The van der Waals surface area contributed by atoms with Crippen LogP contribution in [0.3, 0.4) is 0 Å². The number of hydrogen-bond donors (Lipinski definition) is 4. The first-order valence-corrected chi connectivity index (χ1v) is 15.2. The molecule has 0 bridgehead atoms. The maximum absolute atomic E-state index is 13.3. The van der Waals surface area contributed by atoms with Crippen LogP contribution < -0.4 is 21.2 Å². The van der Waals surface area contributed by atoms with Gasteiger partial charge in [-0.2, -0.15) is 4.98 Å². The number of piperidine rings is 1. The number of nitrogens with one attached hydrogen (secondary N) is 3. The second-order valence-electron chi connectivity index (χ2n) is 11.3. The number of carbonyl (C=O) groups is 2. The van der Waals surface area contributed by atoms with E-state index >= 15 is 0 Å². The fourth-order valence-electron chi connectivity index (χ4n) is 5.59. The number of fused-ring (bicyclic) bond motifs is 1. The van der Waals surface area contributed by atoms with Gasteiger partial charge in [0.15, 0.2) is 0 Å². The predicted molar refractivity (Wildman–Crippen MR) is 175 cm³/mol. The Hall–Kier alpha value is -5.65. The molecule has 5 aromatic rings. The molecule has 6 rings (SSSR count). The molecule has 4 N–H and O–H groups in total. The number of aliphatic carboxylic acids is 1. The number of carboxylic acid groups (broad SMARTS) is 1. The number of anilines is 2. The lowest BCUT2D eigenvalue weighted by Crippen LogP contribution is -2.46. The number of para-hydroxylation sites is 2. The number of H-pyrrole nitrogens is 1. The molecule has 3 heterocycles. The topological polar surface area (TPSA) is 154 Å². The molecule has 0 unspecified atom stereocenters. The Bertz CT molecular complexity index is 1820. The van der Waals surface area contributed by atoms with E-state index in [0.29, 0.717) is 30.4 Å². The van der Waals surface area contributed by atoms with E-state index in [1.54, 1.807) is 18.3 Å². The Morgan fingerprint density at radius 1 is 0.957 bits per heavy atom. The average molecular weight is 622 g/mol. The maximum Gasteiger partial charge on any atom is 0.408 e. The number of aromatic nitrogens is 4. The van der Waals surface area contributed by atoms with Crippen LogP contribution in [0.25, 0.3) is 22.2 Å². The Labute approximate surface area is 265 Å². The molecule has 1 aliphatic rings. The van der Waals surface area contributed by atoms with Gasteiger partial charge in [-0.25, -0.2) is 19.4 Å². The zero-order valence-electron chi connectivity index (χ0n) is 25.1. The quantitative estimate of drug-likeness (QED) is 0.167. The molecule has 0 spiro atoms. The van der Waals surface area contributed by atoms with Gasteiger partial charge in [0, 0.05) is 31.4 Å². The summed E-state index contributed by atoms with van der Waals surface area (Å²) in [5.74, 6) is 0.415. The number of nitrogens with zero attached hydrogens (tertiary/aromatic N) is 4. The smallest absolute Gasteiger partial charge is 0.408 e. The fourth-order valence-corrected chi connectivity index (χ4v) is 5.59. The first kappa shape index (κ1) is 30.4. The van der Waals surface area contributed by atoms with E-state index in [-0.39, 0.29) is 13.2 Å². The van der Waals surface area contributed by atoms with Crippen LogP contribution in [0.15, 0.2) is 95.9 Å². The lowest BCUT2D eigenvalue weighted by Gasteiger charge is -2.34. The lowest BCUT2D eigenvalue weighted by molar-refractivity contribution is -0.139. The zero-order chi connectivity index (χ0) is 31.9. The zero-order valence-corrected chi connectivity index (χ0v) is 25.1. The van der Waals surface area contributed by atoms with E-state index in [4.69, 9.17) is 4.74 Å². The third-order valence-electron chi connectivity index (χ3n) is 8.10. The fraction of sp³-hybridized carbons (Fsp3) is 0.265. The molecule has 12 heteroatoms. The van der Waals surface area contributed by atoms with Crippen molar-refractivity contribution in [3.8, 4) is 11.1 Å². The van der Waals surface area contributed by atoms with Gasteiger partial charge in [-0.05, 0) is 42.0 Å². The summed E-state index contributed by atoms with van der Waals surface area (Å²) in [5.41, 5.74) is 3.61. The molecule has 1 amide bonds. The minimum atomic E-state index is -1.41. The minimum absolute atomic E-state index is 0.0139. The SMILES string of the molecule is O=C(N[C@@H](Cn1cc(-c2ccccc2)c(N2CCC(CNc3nc4ccccc4[nH]3)CC2)nc1=O)C(=O)O)OCc1ccccc1. The second kappa shape index (κ2) is 14.0. The molecule has 46 heavy (non-hydrogen) atoms. The third kappa shape index (κ3) is 7.34. The van der Waals surface area contributed by atoms with Crippen LogP contribution in [-0.4, -0.2) is 62.4 Å². The van der Waals surface area contributed by atoms with E-state index in [2.05, 4.69) is 30.5 Å². The summed E-state index contributed by atoms with van der Waals surface area (Å²) >= 11 is 0. The molecule has 0 saturated carbocycles. The number of ether oxygens (including phenoxy) is 1. The van der Waals surface area contributed by atoms with Crippen LogP contribution in [0.5, 0.6) is 0 Å². The van der Waals surface area contributed by atoms with E-state index in [9.17, 15) is 19.5 Å². The number of carbonyl (C=O) groups excluding carboxylic acids is 1. The Morgan fingerprint density at radius 2 is 1.65 bits per heavy atom. The van der Waals surface area contributed by atoms with Gasteiger partial charge >= 0.3 is 17.8 Å². The molecule has 3 aromatic carbocycles. The molecule has 2 aromatic heterocycles. The van der Waals surface area contributed by atoms with Crippen LogP contribution in [0, 0.1) is 5.92 Å². The normalized spacial score (nSPS) is 14.1. The number of hydrogen-bond acceptors (Lipinski definition) is 8. The van der Waals surface area contributed by atoms with Gasteiger partial charge in [-0.15, -0.1) is 0 Å². The standard InChI is InChI=1S/C34H35N7O5/c42-31(43)29(38-34(45)46-22-24-9-3-1-4-10-24)21-41-20-26(25-11-5-2-6-12-25)30(39-33(41)44)40-17-15-23(16-18-40)19-35-32-36-27-13-7-8-14-28(27)37-32/h1-14,20,23,29H,15-19,21-22H2,(H,38,45)(H,42,43)(H2,35,36,37)/t29-/m0/s1. The van der Waals surface area contributed by atoms with E-state index in [1.165, 1.54) is 4.57 Å².